The first-order valence-corrected chi connectivity index (χ1v) is 23.5. The molecule has 5 fully saturated rings. The predicted octanol–water partition coefficient (Wildman–Crippen LogP) is 6.53. The number of aromatic nitrogens is 2. The molecular formula is C48H64ClN7O10. The van der Waals surface area contributed by atoms with Crippen LogP contribution in [-0.4, -0.2) is 130 Å². The van der Waals surface area contributed by atoms with Crippen molar-refractivity contribution in [3.8, 4) is 22.9 Å². The van der Waals surface area contributed by atoms with Crippen molar-refractivity contribution in [3.63, 3.8) is 0 Å². The molecule has 2 aliphatic heterocycles. The van der Waals surface area contributed by atoms with Crippen molar-refractivity contribution in [1.82, 2.24) is 30.4 Å². The molecule has 18 heteroatoms. The number of oxazole rings is 1. The van der Waals surface area contributed by atoms with E-state index in [-0.39, 0.29) is 42.1 Å². The number of carboxylic acids is 1. The van der Waals surface area contributed by atoms with E-state index in [1.54, 1.807) is 18.2 Å². The molecule has 9 atom stereocenters. The summed E-state index contributed by atoms with van der Waals surface area (Å²) in [5.41, 5.74) is -1.37. The lowest BCUT2D eigenvalue weighted by atomic mass is 9.85. The van der Waals surface area contributed by atoms with E-state index < -0.39 is 58.9 Å². The molecule has 4 N–H and O–H groups in total. The van der Waals surface area contributed by atoms with Crippen molar-refractivity contribution in [3.05, 3.63) is 42.1 Å². The minimum Gasteiger partial charge on any atom is -0.491 e. The largest absolute Gasteiger partial charge is 0.491 e. The number of carboxylic acid groups (broad SMARTS) is 1. The van der Waals surface area contributed by atoms with Crippen LogP contribution in [0.3, 0.4) is 0 Å². The highest BCUT2D eigenvalue weighted by Crippen LogP contribution is 2.57. The number of fused-ring (bicyclic) bond motifs is 2. The summed E-state index contributed by atoms with van der Waals surface area (Å²) in [6, 6.07) is 3.34. The molecule has 2 aromatic heterocycles. The number of hydrogen-bond donors (Lipinski definition) is 4. The maximum atomic E-state index is 14.9. The number of aliphatic carboxylic acids is 1. The second kappa shape index (κ2) is 18.2. The molecule has 66 heavy (non-hydrogen) atoms. The number of ether oxygens (including phenoxy) is 4. The lowest BCUT2D eigenvalue weighted by Gasteiger charge is -2.41. The van der Waals surface area contributed by atoms with Crippen LogP contribution in [0.25, 0.3) is 22.3 Å². The molecule has 0 radical (unpaired) electrons. The second-order valence-electron chi connectivity index (χ2n) is 20.7. The maximum Gasteiger partial charge on any atom is 0.408 e. The lowest BCUT2D eigenvalue weighted by Crippen LogP contribution is -2.59. The Balaban J connectivity index is 1.09. The van der Waals surface area contributed by atoms with Crippen molar-refractivity contribution in [2.75, 3.05) is 44.8 Å². The molecule has 3 aromatic rings. The number of benzene rings is 1. The van der Waals surface area contributed by atoms with Crippen molar-refractivity contribution in [2.45, 2.75) is 122 Å². The van der Waals surface area contributed by atoms with E-state index in [2.05, 4.69) is 53.2 Å². The summed E-state index contributed by atoms with van der Waals surface area (Å²) in [6.45, 7) is 22.6. The standard InChI is InChI=1S/C48H64ClN7O10/c1-10-27-21-48(27,43(59)60)54-41(57)35-19-29(22-56(35)42(58)40(46(5,6)7)53-45(61)66-28-17-31-26(4)32(31)18-28)65-37-20-33(34-23-64-44(52-34)50-25(2)3)51-39-30(37)11-12-36(38(39)49)63-16-14-55-13-15-62-24-47(55,8)9/h10-12,20,23,25-29,31-32,35,40H,1,13-19,21-22,24H2,2-9H3,(H,50,52)(H,53,61)(H,54,57)(H,59,60)/t26?,27-,28?,29-,31-,32+,35+,40-,48-/m1/s1. The first kappa shape index (κ1) is 47.4. The SMILES string of the molecule is C=C[C@@H]1C[C@]1(NC(=O)[C@@H]1C[C@@H](Oc2cc(-c3coc(NC(C)C)n3)nc3c(Cl)c(OCCN4CCOCC4(C)C)ccc23)CN1C(=O)[C@@H](NC(=O)OC1C[C@@H]2C(C)[C@@H]2C1)C(C)(C)C)C(=O)O. The summed E-state index contributed by atoms with van der Waals surface area (Å²) in [4.78, 5) is 68.4. The number of morpholine rings is 1. The van der Waals surface area contributed by atoms with Crippen molar-refractivity contribution in [2.24, 2.45) is 29.1 Å². The van der Waals surface area contributed by atoms with Crippen molar-refractivity contribution >= 4 is 52.4 Å². The van der Waals surface area contributed by atoms with E-state index in [0.29, 0.717) is 83.9 Å². The zero-order valence-corrected chi connectivity index (χ0v) is 39.9. The molecule has 8 rings (SSSR count). The van der Waals surface area contributed by atoms with Crippen LogP contribution in [0.5, 0.6) is 11.5 Å². The van der Waals surface area contributed by atoms with Gasteiger partial charge >= 0.3 is 12.1 Å². The van der Waals surface area contributed by atoms with Gasteiger partial charge in [0.2, 0.25) is 11.8 Å². The molecule has 358 valence electrons. The summed E-state index contributed by atoms with van der Waals surface area (Å²) in [5, 5.41) is 19.7. The van der Waals surface area contributed by atoms with E-state index in [1.807, 2.05) is 34.6 Å². The Kier molecular flexibility index (Phi) is 13.0. The number of carbonyl (C=O) groups is 4. The van der Waals surface area contributed by atoms with Crippen LogP contribution in [0, 0.1) is 29.1 Å². The molecule has 17 nitrogen and oxygen atoms in total. The summed E-state index contributed by atoms with van der Waals surface area (Å²) in [6.07, 6.45) is 3.01. The van der Waals surface area contributed by atoms with Crippen LogP contribution >= 0.6 is 11.6 Å². The van der Waals surface area contributed by atoms with Gasteiger partial charge in [-0.2, -0.15) is 4.98 Å². The van der Waals surface area contributed by atoms with Crippen LogP contribution < -0.4 is 25.4 Å². The lowest BCUT2D eigenvalue weighted by molar-refractivity contribution is -0.146. The van der Waals surface area contributed by atoms with Gasteiger partial charge in [-0.15, -0.1) is 6.58 Å². The summed E-state index contributed by atoms with van der Waals surface area (Å²) in [7, 11) is 0. The zero-order valence-electron chi connectivity index (χ0n) is 39.1. The van der Waals surface area contributed by atoms with E-state index in [1.165, 1.54) is 17.2 Å². The van der Waals surface area contributed by atoms with Gasteiger partial charge in [-0.1, -0.05) is 45.4 Å². The number of anilines is 1. The highest BCUT2D eigenvalue weighted by molar-refractivity contribution is 6.36. The van der Waals surface area contributed by atoms with Gasteiger partial charge in [0.05, 0.1) is 31.0 Å². The van der Waals surface area contributed by atoms with E-state index in [9.17, 15) is 24.3 Å². The first-order valence-electron chi connectivity index (χ1n) is 23.1. The molecule has 2 unspecified atom stereocenters. The number of nitrogens with zero attached hydrogens (tertiary/aromatic N) is 4. The third-order valence-corrected chi connectivity index (χ3v) is 14.5. The van der Waals surface area contributed by atoms with Gasteiger partial charge in [-0.3, -0.25) is 14.5 Å². The summed E-state index contributed by atoms with van der Waals surface area (Å²) < 4.78 is 30.3. The molecule has 2 saturated heterocycles. The average Bonchev–Trinajstić information content (AvgIpc) is 3.73. The van der Waals surface area contributed by atoms with Gasteiger partial charge in [0.25, 0.3) is 6.01 Å². The number of carbonyl (C=O) groups excluding carboxylic acids is 3. The number of likely N-dealkylation sites (tertiary alicyclic amines) is 1. The highest BCUT2D eigenvalue weighted by Gasteiger charge is 2.61. The fraction of sp³-hybridized carbons (Fsp3) is 0.625. The van der Waals surface area contributed by atoms with E-state index in [0.717, 1.165) is 19.4 Å². The molecule has 3 aliphatic carbocycles. The third kappa shape index (κ3) is 9.66. The van der Waals surface area contributed by atoms with Gasteiger partial charge in [0, 0.05) is 48.5 Å². The maximum absolute atomic E-state index is 14.9. The molecule has 0 bridgehead atoms. The number of halogens is 1. The van der Waals surface area contributed by atoms with Crippen LogP contribution in [-0.2, 0) is 23.9 Å². The van der Waals surface area contributed by atoms with E-state index >= 15 is 0 Å². The Morgan fingerprint density at radius 3 is 2.47 bits per heavy atom. The van der Waals surface area contributed by atoms with Crippen LogP contribution in [0.2, 0.25) is 5.02 Å². The topological polar surface area (TPSA) is 207 Å². The predicted molar refractivity (Wildman–Crippen MR) is 246 cm³/mol. The normalized spacial score (nSPS) is 28.3. The Hall–Kier alpha value is -5.13. The number of rotatable bonds is 16. The van der Waals surface area contributed by atoms with Gasteiger partial charge in [0.15, 0.2) is 0 Å². The zero-order chi connectivity index (χ0) is 47.5. The average molecular weight is 935 g/mol. The third-order valence-electron chi connectivity index (χ3n) is 14.1. The molecule has 0 spiro atoms. The number of pyridine rings is 1. The Bertz CT molecular complexity index is 2350. The number of amides is 3. The van der Waals surface area contributed by atoms with Crippen LogP contribution in [0.15, 0.2) is 41.5 Å². The number of alkyl carbamates (subject to hydrolysis) is 1. The van der Waals surface area contributed by atoms with Gasteiger partial charge < -0.3 is 49.3 Å². The Morgan fingerprint density at radius 1 is 1.08 bits per heavy atom. The van der Waals surface area contributed by atoms with Gasteiger partial charge in [0.1, 0.15) is 64.9 Å². The monoisotopic (exact) mass is 933 g/mol. The van der Waals surface area contributed by atoms with E-state index in [4.69, 9.17) is 39.9 Å². The molecule has 4 heterocycles. The van der Waals surface area contributed by atoms with Crippen LogP contribution in [0.4, 0.5) is 10.8 Å². The van der Waals surface area contributed by atoms with Crippen LogP contribution in [0.1, 0.15) is 81.1 Å². The first-order chi connectivity index (χ1) is 31.2. The smallest absolute Gasteiger partial charge is 0.408 e. The number of hydrogen-bond acceptors (Lipinski definition) is 13. The van der Waals surface area contributed by atoms with Gasteiger partial charge in [-0.25, -0.2) is 14.6 Å². The quantitative estimate of drug-likeness (QED) is 0.113. The molecular weight excluding hydrogens is 870 g/mol. The van der Waals surface area contributed by atoms with Crippen molar-refractivity contribution < 1.29 is 47.6 Å². The fourth-order valence-electron chi connectivity index (χ4n) is 10.0. The summed E-state index contributed by atoms with van der Waals surface area (Å²) >= 11 is 7.14. The second-order valence-corrected chi connectivity index (χ2v) is 21.1. The van der Waals surface area contributed by atoms with Crippen molar-refractivity contribution in [1.29, 1.82) is 0 Å². The molecule has 3 amide bonds. The fourth-order valence-corrected chi connectivity index (χ4v) is 10.3. The summed E-state index contributed by atoms with van der Waals surface area (Å²) in [5.74, 6) is -0.369. The Morgan fingerprint density at radius 2 is 1.82 bits per heavy atom. The highest BCUT2D eigenvalue weighted by atomic mass is 35.5. The molecule has 5 aliphatic rings. The molecule has 1 aromatic carbocycles. The Labute approximate surface area is 390 Å². The minimum absolute atomic E-state index is 0.00520. The molecule has 3 saturated carbocycles. The minimum atomic E-state index is -1.55. The number of nitrogens with one attached hydrogen (secondary N) is 3. The van der Waals surface area contributed by atoms with Gasteiger partial charge in [-0.05, 0) is 82.3 Å².